The summed E-state index contributed by atoms with van der Waals surface area (Å²) in [6, 6.07) is 0. The Labute approximate surface area is 86.7 Å². The summed E-state index contributed by atoms with van der Waals surface area (Å²) in [4.78, 5) is 0. The van der Waals surface area contributed by atoms with Crippen molar-refractivity contribution >= 4 is 0 Å². The Bertz CT molecular complexity index is 181. The maximum atomic E-state index is 4.23. The third-order valence-electron chi connectivity index (χ3n) is 2.78. The van der Waals surface area contributed by atoms with Gasteiger partial charge in [-0.05, 0) is 18.8 Å². The van der Waals surface area contributed by atoms with Crippen LogP contribution >= 0.6 is 0 Å². The zero-order valence-electron chi connectivity index (χ0n) is 9.53. The molecule has 2 unspecified atom stereocenters. The molecule has 0 saturated carbocycles. The van der Waals surface area contributed by atoms with E-state index in [1.807, 2.05) is 12.1 Å². The van der Waals surface area contributed by atoms with Gasteiger partial charge in [0.1, 0.15) is 6.17 Å². The number of hydrogen-bond donors (Lipinski definition) is 1. The smallest absolute Gasteiger partial charge is 0.146 e. The first-order chi connectivity index (χ1) is 6.79. The fourth-order valence-corrected chi connectivity index (χ4v) is 1.98. The molecular weight excluding hydrogens is 176 g/mol. The van der Waals surface area contributed by atoms with Gasteiger partial charge < -0.3 is 0 Å². The van der Waals surface area contributed by atoms with Crippen molar-refractivity contribution in [3.05, 3.63) is 0 Å². The maximum absolute atomic E-state index is 4.23. The van der Waals surface area contributed by atoms with E-state index in [-0.39, 0.29) is 6.17 Å². The van der Waals surface area contributed by atoms with Crippen LogP contribution in [-0.4, -0.2) is 18.2 Å². The van der Waals surface area contributed by atoms with E-state index in [4.69, 9.17) is 0 Å². The van der Waals surface area contributed by atoms with Crippen LogP contribution in [0.3, 0.4) is 0 Å². The Hall–Kier alpha value is -0.640. The average molecular weight is 198 g/mol. The molecule has 82 valence electrons. The van der Waals surface area contributed by atoms with Crippen LogP contribution in [0.4, 0.5) is 0 Å². The molecule has 2 atom stereocenters. The van der Waals surface area contributed by atoms with Gasteiger partial charge in [0.15, 0.2) is 0 Å². The van der Waals surface area contributed by atoms with E-state index in [0.29, 0.717) is 5.92 Å². The van der Waals surface area contributed by atoms with Crippen molar-refractivity contribution in [3.8, 4) is 0 Å². The molecular formula is C10H22N4. The van der Waals surface area contributed by atoms with Crippen molar-refractivity contribution in [3.63, 3.8) is 0 Å². The molecule has 0 saturated heterocycles. The minimum absolute atomic E-state index is 0.251. The lowest BCUT2D eigenvalue weighted by Crippen LogP contribution is -2.38. The fourth-order valence-electron chi connectivity index (χ4n) is 1.98. The summed E-state index contributed by atoms with van der Waals surface area (Å²) in [5.74, 6) is 0.656. The SMILES string of the molecule is CCCCC(CCC)C1N=NNN1C. The van der Waals surface area contributed by atoms with Crippen LogP contribution in [0.15, 0.2) is 10.3 Å². The van der Waals surface area contributed by atoms with Crippen LogP contribution in [0.1, 0.15) is 46.0 Å². The number of nitrogens with zero attached hydrogens (tertiary/aromatic N) is 3. The van der Waals surface area contributed by atoms with Crippen molar-refractivity contribution in [2.24, 2.45) is 16.3 Å². The summed E-state index contributed by atoms with van der Waals surface area (Å²) >= 11 is 0. The maximum Gasteiger partial charge on any atom is 0.146 e. The van der Waals surface area contributed by atoms with Crippen molar-refractivity contribution < 1.29 is 0 Å². The molecule has 0 bridgehead atoms. The van der Waals surface area contributed by atoms with Crippen LogP contribution in [0, 0.1) is 5.92 Å². The lowest BCUT2D eigenvalue weighted by Gasteiger charge is -2.24. The second-order valence-electron chi connectivity index (χ2n) is 4.03. The number of unbranched alkanes of at least 4 members (excludes halogenated alkanes) is 1. The second kappa shape index (κ2) is 5.96. The average Bonchev–Trinajstić information content (AvgIpc) is 2.59. The minimum atomic E-state index is 0.251. The topological polar surface area (TPSA) is 40.0 Å². The molecule has 1 rings (SSSR count). The molecule has 0 aromatic rings. The summed E-state index contributed by atoms with van der Waals surface area (Å²) < 4.78 is 0. The predicted molar refractivity (Wildman–Crippen MR) is 57.5 cm³/mol. The zero-order valence-corrected chi connectivity index (χ0v) is 9.53. The monoisotopic (exact) mass is 198 g/mol. The first kappa shape index (κ1) is 11.4. The molecule has 1 heterocycles. The van der Waals surface area contributed by atoms with E-state index in [9.17, 15) is 0 Å². The van der Waals surface area contributed by atoms with Crippen molar-refractivity contribution in [2.45, 2.75) is 52.1 Å². The van der Waals surface area contributed by atoms with E-state index in [1.54, 1.807) is 0 Å². The Balaban J connectivity index is 2.43. The summed E-state index contributed by atoms with van der Waals surface area (Å²) in [5, 5.41) is 10.1. The highest BCUT2D eigenvalue weighted by Crippen LogP contribution is 2.24. The standard InChI is InChI=1S/C10H22N4/c1-4-6-8-9(7-5-2)10-11-12-13-14(10)3/h9-10H,4-8H2,1-3H3,(H,11,13). The van der Waals surface area contributed by atoms with Crippen molar-refractivity contribution in [1.82, 2.24) is 10.5 Å². The molecule has 0 amide bonds. The molecule has 1 aliphatic rings. The van der Waals surface area contributed by atoms with E-state index >= 15 is 0 Å². The highest BCUT2D eigenvalue weighted by atomic mass is 15.8. The summed E-state index contributed by atoms with van der Waals surface area (Å²) in [7, 11) is 2.01. The van der Waals surface area contributed by atoms with Crippen molar-refractivity contribution in [1.29, 1.82) is 0 Å². The lowest BCUT2D eigenvalue weighted by molar-refractivity contribution is 0.150. The third kappa shape index (κ3) is 2.94. The number of nitrogens with one attached hydrogen (secondary N) is 1. The van der Waals surface area contributed by atoms with E-state index in [0.717, 1.165) is 0 Å². The molecule has 0 fully saturated rings. The molecule has 4 nitrogen and oxygen atoms in total. The van der Waals surface area contributed by atoms with Gasteiger partial charge in [0.2, 0.25) is 0 Å². The predicted octanol–water partition coefficient (Wildman–Crippen LogP) is 2.74. The molecule has 0 spiro atoms. The molecule has 4 heteroatoms. The molecule has 0 aromatic heterocycles. The zero-order chi connectivity index (χ0) is 10.4. The molecule has 1 N–H and O–H groups in total. The summed E-state index contributed by atoms with van der Waals surface area (Å²) in [6.45, 7) is 4.47. The highest BCUT2D eigenvalue weighted by molar-refractivity contribution is 4.74. The largest absolute Gasteiger partial charge is 0.220 e. The van der Waals surface area contributed by atoms with Crippen LogP contribution in [0.25, 0.3) is 0 Å². The lowest BCUT2D eigenvalue weighted by atomic mass is 9.94. The van der Waals surface area contributed by atoms with Gasteiger partial charge in [-0.25, -0.2) is 5.53 Å². The van der Waals surface area contributed by atoms with Crippen LogP contribution in [-0.2, 0) is 0 Å². The van der Waals surface area contributed by atoms with Gasteiger partial charge in [0.25, 0.3) is 0 Å². The number of hydrazine groups is 1. The molecule has 0 aromatic carbocycles. The van der Waals surface area contributed by atoms with Gasteiger partial charge in [-0.3, -0.25) is 0 Å². The summed E-state index contributed by atoms with van der Waals surface area (Å²) in [5.41, 5.74) is 2.88. The van der Waals surface area contributed by atoms with Gasteiger partial charge >= 0.3 is 0 Å². The van der Waals surface area contributed by atoms with Crippen LogP contribution in [0.2, 0.25) is 0 Å². The quantitative estimate of drug-likeness (QED) is 0.713. The molecule has 14 heavy (non-hydrogen) atoms. The first-order valence-corrected chi connectivity index (χ1v) is 5.67. The van der Waals surface area contributed by atoms with Gasteiger partial charge in [-0.15, -0.1) is 5.11 Å². The van der Waals surface area contributed by atoms with E-state index < -0.39 is 0 Å². The Kier molecular flexibility index (Phi) is 4.87. The minimum Gasteiger partial charge on any atom is -0.220 e. The van der Waals surface area contributed by atoms with Crippen LogP contribution in [0.5, 0.6) is 0 Å². The van der Waals surface area contributed by atoms with E-state index in [1.165, 1.54) is 32.1 Å². The van der Waals surface area contributed by atoms with Crippen molar-refractivity contribution in [2.75, 3.05) is 7.05 Å². The Morgan fingerprint density at radius 3 is 2.57 bits per heavy atom. The second-order valence-corrected chi connectivity index (χ2v) is 4.03. The van der Waals surface area contributed by atoms with Gasteiger partial charge in [0.05, 0.1) is 0 Å². The molecule has 0 radical (unpaired) electrons. The molecule has 1 aliphatic heterocycles. The highest BCUT2D eigenvalue weighted by Gasteiger charge is 2.27. The van der Waals surface area contributed by atoms with Gasteiger partial charge in [-0.2, -0.15) is 5.01 Å². The third-order valence-corrected chi connectivity index (χ3v) is 2.78. The Morgan fingerprint density at radius 1 is 1.29 bits per heavy atom. The normalized spacial score (nSPS) is 23.8. The summed E-state index contributed by atoms with van der Waals surface area (Å²) in [6.07, 6.45) is 6.55. The Morgan fingerprint density at radius 2 is 2.07 bits per heavy atom. The van der Waals surface area contributed by atoms with E-state index in [2.05, 4.69) is 29.7 Å². The van der Waals surface area contributed by atoms with Gasteiger partial charge in [-0.1, -0.05) is 38.3 Å². The number of rotatable bonds is 6. The van der Waals surface area contributed by atoms with Crippen LogP contribution < -0.4 is 5.53 Å². The van der Waals surface area contributed by atoms with Gasteiger partial charge in [0, 0.05) is 7.05 Å². The fraction of sp³-hybridized carbons (Fsp3) is 1.00. The molecule has 0 aliphatic carbocycles. The number of hydrogen-bond acceptors (Lipinski definition) is 4. The first-order valence-electron chi connectivity index (χ1n) is 5.67.